The molecule has 188 valence electrons. The van der Waals surface area contributed by atoms with E-state index in [4.69, 9.17) is 9.47 Å². The van der Waals surface area contributed by atoms with Gasteiger partial charge in [0.05, 0.1) is 25.5 Å². The molecule has 3 aromatic rings. The van der Waals surface area contributed by atoms with Crippen molar-refractivity contribution in [3.63, 3.8) is 0 Å². The van der Waals surface area contributed by atoms with Crippen molar-refractivity contribution in [3.8, 4) is 17.1 Å². The maximum atomic E-state index is 13.6. The number of benzene rings is 2. The van der Waals surface area contributed by atoms with Gasteiger partial charge in [0, 0.05) is 23.4 Å². The summed E-state index contributed by atoms with van der Waals surface area (Å²) in [6, 6.07) is 12.4. The number of halogens is 1. The van der Waals surface area contributed by atoms with E-state index in [1.165, 1.54) is 33.7 Å². The minimum absolute atomic E-state index is 0.108. The summed E-state index contributed by atoms with van der Waals surface area (Å²) in [6.07, 6.45) is -0.198. The van der Waals surface area contributed by atoms with E-state index >= 15 is 0 Å². The molecule has 1 N–H and O–H groups in total. The molecule has 0 atom stereocenters. The molecule has 2 amide bonds. The summed E-state index contributed by atoms with van der Waals surface area (Å²) < 4.78 is 25.4. The zero-order valence-corrected chi connectivity index (χ0v) is 20.1. The summed E-state index contributed by atoms with van der Waals surface area (Å²) in [4.78, 5) is 44.8. The van der Waals surface area contributed by atoms with Crippen molar-refractivity contribution >= 4 is 17.7 Å². The van der Waals surface area contributed by atoms with Gasteiger partial charge in [0.25, 0.3) is 5.56 Å². The highest BCUT2D eigenvalue weighted by atomic mass is 19.1. The highest BCUT2D eigenvalue weighted by molar-refractivity contribution is 5.90. The molecule has 1 aromatic heterocycles. The van der Waals surface area contributed by atoms with Gasteiger partial charge in [0.1, 0.15) is 23.9 Å². The van der Waals surface area contributed by atoms with Crippen LogP contribution < -0.4 is 15.6 Å². The molecule has 0 spiro atoms. The van der Waals surface area contributed by atoms with E-state index in [2.05, 4.69) is 10.3 Å². The maximum Gasteiger partial charge on any atom is 0.410 e. The Kier molecular flexibility index (Phi) is 7.62. The molecule has 1 aliphatic rings. The third kappa shape index (κ3) is 5.54. The van der Waals surface area contributed by atoms with Crippen molar-refractivity contribution < 1.29 is 23.5 Å². The Hall–Kier alpha value is -4.21. The smallest absolute Gasteiger partial charge is 0.410 e. The molecular formula is C26H27FN4O5. The van der Waals surface area contributed by atoms with Gasteiger partial charge >= 0.3 is 6.09 Å². The number of hydrogen-bond acceptors (Lipinski definition) is 6. The zero-order valence-electron chi connectivity index (χ0n) is 20.1. The summed E-state index contributed by atoms with van der Waals surface area (Å²) in [6.45, 7) is 4.49. The molecule has 0 unspecified atom stereocenters. The van der Waals surface area contributed by atoms with Crippen molar-refractivity contribution in [1.82, 2.24) is 14.5 Å². The van der Waals surface area contributed by atoms with Crippen LogP contribution in [0.15, 0.2) is 53.3 Å². The van der Waals surface area contributed by atoms with Crippen molar-refractivity contribution in [3.05, 3.63) is 76.0 Å². The second-order valence-corrected chi connectivity index (χ2v) is 8.13. The van der Waals surface area contributed by atoms with Gasteiger partial charge in [-0.3, -0.25) is 14.2 Å². The number of aromatic nitrogens is 2. The predicted octanol–water partition coefficient (Wildman–Crippen LogP) is 3.60. The van der Waals surface area contributed by atoms with E-state index in [0.717, 1.165) is 0 Å². The third-order valence-electron chi connectivity index (χ3n) is 5.70. The topological polar surface area (TPSA) is 103 Å². The molecule has 0 saturated carbocycles. The largest absolute Gasteiger partial charge is 0.494 e. The van der Waals surface area contributed by atoms with Crippen molar-refractivity contribution in [2.45, 2.75) is 33.4 Å². The molecule has 0 saturated heterocycles. The van der Waals surface area contributed by atoms with Gasteiger partial charge in [-0.25, -0.2) is 14.2 Å². The van der Waals surface area contributed by atoms with Crippen LogP contribution in [-0.4, -0.2) is 46.2 Å². The first-order valence-electron chi connectivity index (χ1n) is 11.7. The Bertz CT molecular complexity index is 1310. The molecule has 2 aromatic carbocycles. The standard InChI is InChI=1S/C26H27FN4O5/c1-3-35-20-11-9-19(10-12-20)28-23(32)16-31-24(17-5-7-18(27)8-6-17)29-22-15-30(26(34)36-4-2)14-13-21(22)25(31)33/h5-12H,3-4,13-16H2,1-2H3,(H,28,32). The number of carbonyl (C=O) groups excluding carboxylic acids is 2. The van der Waals surface area contributed by atoms with Gasteiger partial charge in [-0.2, -0.15) is 0 Å². The third-order valence-corrected chi connectivity index (χ3v) is 5.70. The van der Waals surface area contributed by atoms with E-state index < -0.39 is 17.8 Å². The average Bonchev–Trinajstić information content (AvgIpc) is 2.87. The van der Waals surface area contributed by atoms with Gasteiger partial charge in [0.2, 0.25) is 5.91 Å². The lowest BCUT2D eigenvalue weighted by atomic mass is 10.1. The molecule has 4 rings (SSSR count). The Morgan fingerprint density at radius 2 is 1.78 bits per heavy atom. The lowest BCUT2D eigenvalue weighted by Crippen LogP contribution is -2.42. The van der Waals surface area contributed by atoms with Crippen molar-refractivity contribution in [2.24, 2.45) is 0 Å². The fourth-order valence-electron chi connectivity index (χ4n) is 4.01. The number of anilines is 1. The SMILES string of the molecule is CCOC(=O)N1CCc2c(nc(-c3ccc(F)cc3)n(CC(=O)Nc3ccc(OCC)cc3)c2=O)C1. The van der Waals surface area contributed by atoms with Crippen molar-refractivity contribution in [2.75, 3.05) is 25.1 Å². The highest BCUT2D eigenvalue weighted by Crippen LogP contribution is 2.22. The van der Waals surface area contributed by atoms with Crippen LogP contribution in [0.25, 0.3) is 11.4 Å². The van der Waals surface area contributed by atoms with Gasteiger partial charge in [-0.05, 0) is 68.8 Å². The van der Waals surface area contributed by atoms with Crippen LogP contribution in [0.3, 0.4) is 0 Å². The van der Waals surface area contributed by atoms with Gasteiger partial charge in [0.15, 0.2) is 0 Å². The summed E-state index contributed by atoms with van der Waals surface area (Å²) in [5.41, 5.74) is 1.52. The molecule has 0 bridgehead atoms. The monoisotopic (exact) mass is 494 g/mol. The summed E-state index contributed by atoms with van der Waals surface area (Å²) >= 11 is 0. The number of hydrogen-bond donors (Lipinski definition) is 1. The fraction of sp³-hybridized carbons (Fsp3) is 0.308. The van der Waals surface area contributed by atoms with E-state index in [9.17, 15) is 18.8 Å². The van der Waals surface area contributed by atoms with E-state index in [1.54, 1.807) is 31.2 Å². The van der Waals surface area contributed by atoms with Gasteiger partial charge in [-0.15, -0.1) is 0 Å². The van der Waals surface area contributed by atoms with E-state index in [0.29, 0.717) is 41.4 Å². The normalized spacial score (nSPS) is 12.6. The second-order valence-electron chi connectivity index (χ2n) is 8.13. The van der Waals surface area contributed by atoms with Crippen molar-refractivity contribution in [1.29, 1.82) is 0 Å². The highest BCUT2D eigenvalue weighted by Gasteiger charge is 2.27. The molecule has 1 aliphatic heterocycles. The number of rotatable bonds is 7. The first kappa shape index (κ1) is 24.9. The number of nitrogens with zero attached hydrogens (tertiary/aromatic N) is 3. The molecule has 9 nitrogen and oxygen atoms in total. The Balaban J connectivity index is 1.66. The molecule has 0 fully saturated rings. The molecule has 36 heavy (non-hydrogen) atoms. The van der Waals surface area contributed by atoms with Crippen LogP contribution in [-0.2, 0) is 29.0 Å². The summed E-state index contributed by atoms with van der Waals surface area (Å²) in [5, 5.41) is 2.78. The number of ether oxygens (including phenoxy) is 2. The second kappa shape index (κ2) is 11.0. The summed E-state index contributed by atoms with van der Waals surface area (Å²) in [7, 11) is 0. The van der Waals surface area contributed by atoms with Crippen LogP contribution >= 0.6 is 0 Å². The Labute approximate surface area is 207 Å². The fourth-order valence-corrected chi connectivity index (χ4v) is 4.01. The van der Waals surface area contributed by atoms with E-state index in [-0.39, 0.29) is 37.5 Å². The first-order chi connectivity index (χ1) is 17.4. The van der Waals surface area contributed by atoms with Gasteiger partial charge in [-0.1, -0.05) is 0 Å². The molecule has 10 heteroatoms. The quantitative estimate of drug-likeness (QED) is 0.539. The lowest BCUT2D eigenvalue weighted by molar-refractivity contribution is -0.116. The number of nitrogens with one attached hydrogen (secondary N) is 1. The predicted molar refractivity (Wildman–Crippen MR) is 131 cm³/mol. The zero-order chi connectivity index (χ0) is 25.7. The maximum absolute atomic E-state index is 13.6. The van der Waals surface area contributed by atoms with Crippen LogP contribution in [0.4, 0.5) is 14.9 Å². The number of amides is 2. The molecule has 2 heterocycles. The molecule has 0 radical (unpaired) electrons. The molecular weight excluding hydrogens is 467 g/mol. The van der Waals surface area contributed by atoms with Gasteiger partial charge < -0.3 is 19.7 Å². The van der Waals surface area contributed by atoms with Crippen LogP contribution in [0.5, 0.6) is 5.75 Å². The number of carbonyl (C=O) groups is 2. The minimum atomic E-state index is -0.479. The lowest BCUT2D eigenvalue weighted by Gasteiger charge is -2.28. The van der Waals surface area contributed by atoms with E-state index in [1.807, 2.05) is 6.92 Å². The Morgan fingerprint density at radius 1 is 1.06 bits per heavy atom. The number of fused-ring (bicyclic) bond motifs is 1. The molecule has 0 aliphatic carbocycles. The van der Waals surface area contributed by atoms with Crippen LogP contribution in [0, 0.1) is 5.82 Å². The Morgan fingerprint density at radius 3 is 2.44 bits per heavy atom. The summed E-state index contributed by atoms with van der Waals surface area (Å²) in [5.74, 6) is 0.0371. The first-order valence-corrected chi connectivity index (χ1v) is 11.7. The average molecular weight is 495 g/mol. The van der Waals surface area contributed by atoms with Crippen LogP contribution in [0.2, 0.25) is 0 Å². The minimum Gasteiger partial charge on any atom is -0.494 e. The van der Waals surface area contributed by atoms with Crippen LogP contribution in [0.1, 0.15) is 25.1 Å².